The summed E-state index contributed by atoms with van der Waals surface area (Å²) < 4.78 is 0. The van der Waals surface area contributed by atoms with Gasteiger partial charge in [0.25, 0.3) is 0 Å². The van der Waals surface area contributed by atoms with Gasteiger partial charge in [-0.1, -0.05) is 39.5 Å². The van der Waals surface area contributed by atoms with Gasteiger partial charge in [0.1, 0.15) is 5.54 Å². The van der Waals surface area contributed by atoms with Gasteiger partial charge < -0.3 is 10.0 Å². The average Bonchev–Trinajstić information content (AvgIpc) is 2.31. The lowest BCUT2D eigenvalue weighted by Gasteiger charge is -2.35. The molecule has 0 radical (unpaired) electrons. The molecule has 0 aromatic rings. The van der Waals surface area contributed by atoms with Crippen molar-refractivity contribution in [3.05, 3.63) is 0 Å². The number of hydrogen-bond donors (Lipinski definition) is 1. The lowest BCUT2D eigenvalue weighted by molar-refractivity contribution is -0.154. The number of unbranched alkanes of at least 4 members (excludes halogenated alkanes) is 3. The third-order valence-electron chi connectivity index (χ3n) is 3.20. The standard InChI is InChI=1S/C13H25NO3/c1-4-6-7-8-9-13(3,12(16)17)14(11-15)10-5-2/h11H,4-10H2,1-3H3,(H,16,17). The van der Waals surface area contributed by atoms with Crippen LogP contribution in [-0.2, 0) is 9.59 Å². The summed E-state index contributed by atoms with van der Waals surface area (Å²) >= 11 is 0. The Morgan fingerprint density at radius 1 is 1.24 bits per heavy atom. The molecule has 1 atom stereocenters. The summed E-state index contributed by atoms with van der Waals surface area (Å²) in [7, 11) is 0. The number of rotatable bonds is 10. The highest BCUT2D eigenvalue weighted by Gasteiger charge is 2.37. The second-order valence-corrected chi connectivity index (χ2v) is 4.69. The first kappa shape index (κ1) is 15.9. The van der Waals surface area contributed by atoms with Gasteiger partial charge in [-0.15, -0.1) is 0 Å². The highest BCUT2D eigenvalue weighted by molar-refractivity contribution is 5.80. The molecule has 0 bridgehead atoms. The maximum atomic E-state index is 11.4. The molecule has 0 aromatic heterocycles. The fourth-order valence-electron chi connectivity index (χ4n) is 1.93. The molecule has 0 aliphatic carbocycles. The van der Waals surface area contributed by atoms with Crippen molar-refractivity contribution in [2.24, 2.45) is 0 Å². The molecule has 0 saturated heterocycles. The van der Waals surface area contributed by atoms with Crippen LogP contribution in [-0.4, -0.2) is 34.5 Å². The van der Waals surface area contributed by atoms with Crippen LogP contribution in [0.1, 0.15) is 59.3 Å². The smallest absolute Gasteiger partial charge is 0.329 e. The largest absolute Gasteiger partial charge is 0.480 e. The normalized spacial score (nSPS) is 14.1. The van der Waals surface area contributed by atoms with Crippen LogP contribution in [0.15, 0.2) is 0 Å². The molecule has 0 fully saturated rings. The van der Waals surface area contributed by atoms with Crippen molar-refractivity contribution < 1.29 is 14.7 Å². The van der Waals surface area contributed by atoms with E-state index in [0.717, 1.165) is 32.1 Å². The van der Waals surface area contributed by atoms with Gasteiger partial charge in [-0.25, -0.2) is 4.79 Å². The summed E-state index contributed by atoms with van der Waals surface area (Å²) in [6.07, 6.45) is 6.08. The first-order valence-corrected chi connectivity index (χ1v) is 6.48. The maximum Gasteiger partial charge on any atom is 0.329 e. The quantitative estimate of drug-likeness (QED) is 0.474. The molecule has 0 spiro atoms. The molecular weight excluding hydrogens is 218 g/mol. The first-order valence-electron chi connectivity index (χ1n) is 6.48. The zero-order chi connectivity index (χ0) is 13.3. The Balaban J connectivity index is 4.53. The third-order valence-corrected chi connectivity index (χ3v) is 3.20. The van der Waals surface area contributed by atoms with Crippen molar-refractivity contribution >= 4 is 12.4 Å². The molecule has 0 aliphatic heterocycles. The fraction of sp³-hybridized carbons (Fsp3) is 0.846. The Labute approximate surface area is 104 Å². The van der Waals surface area contributed by atoms with Gasteiger partial charge in [-0.05, 0) is 19.8 Å². The lowest BCUT2D eigenvalue weighted by atomic mass is 9.92. The molecule has 0 rings (SSSR count). The van der Waals surface area contributed by atoms with E-state index in [9.17, 15) is 14.7 Å². The van der Waals surface area contributed by atoms with Crippen molar-refractivity contribution in [1.29, 1.82) is 0 Å². The maximum absolute atomic E-state index is 11.4. The summed E-state index contributed by atoms with van der Waals surface area (Å²) in [5.74, 6) is -0.908. The third kappa shape index (κ3) is 4.75. The number of carboxylic acids is 1. The predicted molar refractivity (Wildman–Crippen MR) is 67.9 cm³/mol. The molecule has 100 valence electrons. The van der Waals surface area contributed by atoms with Crippen molar-refractivity contribution in [2.75, 3.05) is 6.54 Å². The molecular formula is C13H25NO3. The topological polar surface area (TPSA) is 57.6 Å². The summed E-state index contributed by atoms with van der Waals surface area (Å²) in [6.45, 7) is 6.20. The lowest BCUT2D eigenvalue weighted by Crippen LogP contribution is -2.52. The molecule has 4 nitrogen and oxygen atoms in total. The van der Waals surface area contributed by atoms with E-state index in [4.69, 9.17) is 0 Å². The van der Waals surface area contributed by atoms with Gasteiger partial charge in [-0.2, -0.15) is 0 Å². The zero-order valence-electron chi connectivity index (χ0n) is 11.2. The number of carboxylic acid groups (broad SMARTS) is 1. The van der Waals surface area contributed by atoms with E-state index in [1.54, 1.807) is 6.92 Å². The van der Waals surface area contributed by atoms with Gasteiger partial charge in [0, 0.05) is 6.54 Å². The minimum Gasteiger partial charge on any atom is -0.480 e. The summed E-state index contributed by atoms with van der Waals surface area (Å²) in [6, 6.07) is 0. The molecule has 1 N–H and O–H groups in total. The summed E-state index contributed by atoms with van der Waals surface area (Å²) in [4.78, 5) is 23.8. The van der Waals surface area contributed by atoms with E-state index >= 15 is 0 Å². The van der Waals surface area contributed by atoms with E-state index in [0.29, 0.717) is 19.4 Å². The summed E-state index contributed by atoms with van der Waals surface area (Å²) in [5.41, 5.74) is -1.05. The number of aliphatic carboxylic acids is 1. The SMILES string of the molecule is CCCCCCC(C)(C(=O)O)N(C=O)CCC. The molecule has 1 unspecified atom stereocenters. The first-order chi connectivity index (χ1) is 8.02. The number of hydrogen-bond acceptors (Lipinski definition) is 2. The van der Waals surface area contributed by atoms with Gasteiger partial charge in [-0.3, -0.25) is 4.79 Å². The van der Waals surface area contributed by atoms with Crippen LogP contribution >= 0.6 is 0 Å². The van der Waals surface area contributed by atoms with Crippen LogP contribution < -0.4 is 0 Å². The van der Waals surface area contributed by atoms with E-state index in [1.807, 2.05) is 6.92 Å². The van der Waals surface area contributed by atoms with Crippen molar-refractivity contribution in [2.45, 2.75) is 64.8 Å². The Hall–Kier alpha value is -1.06. The highest BCUT2D eigenvalue weighted by Crippen LogP contribution is 2.22. The molecule has 0 heterocycles. The molecule has 0 aromatic carbocycles. The van der Waals surface area contributed by atoms with Crippen LogP contribution in [0.5, 0.6) is 0 Å². The van der Waals surface area contributed by atoms with Gasteiger partial charge >= 0.3 is 5.97 Å². The Morgan fingerprint density at radius 3 is 2.29 bits per heavy atom. The second-order valence-electron chi connectivity index (χ2n) is 4.69. The van der Waals surface area contributed by atoms with Crippen LogP contribution in [0.3, 0.4) is 0 Å². The van der Waals surface area contributed by atoms with Gasteiger partial charge in [0.05, 0.1) is 0 Å². The van der Waals surface area contributed by atoms with Crippen LogP contribution in [0.25, 0.3) is 0 Å². The zero-order valence-corrected chi connectivity index (χ0v) is 11.2. The molecule has 1 amide bonds. The fourth-order valence-corrected chi connectivity index (χ4v) is 1.93. The van der Waals surface area contributed by atoms with Crippen molar-refractivity contribution in [1.82, 2.24) is 4.90 Å². The Kier molecular flexibility index (Phi) is 7.59. The average molecular weight is 243 g/mol. The van der Waals surface area contributed by atoms with Crippen molar-refractivity contribution in [3.63, 3.8) is 0 Å². The Bertz CT molecular complexity index is 243. The highest BCUT2D eigenvalue weighted by atomic mass is 16.4. The van der Waals surface area contributed by atoms with E-state index < -0.39 is 11.5 Å². The van der Waals surface area contributed by atoms with E-state index in [1.165, 1.54) is 4.90 Å². The van der Waals surface area contributed by atoms with E-state index in [-0.39, 0.29) is 0 Å². The molecule has 17 heavy (non-hydrogen) atoms. The molecule has 0 aliphatic rings. The Morgan fingerprint density at radius 2 is 1.88 bits per heavy atom. The number of carbonyl (C=O) groups is 2. The minimum atomic E-state index is -1.05. The van der Waals surface area contributed by atoms with Crippen LogP contribution in [0, 0.1) is 0 Å². The van der Waals surface area contributed by atoms with E-state index in [2.05, 4.69) is 6.92 Å². The van der Waals surface area contributed by atoms with Gasteiger partial charge in [0.15, 0.2) is 0 Å². The van der Waals surface area contributed by atoms with Crippen LogP contribution in [0.2, 0.25) is 0 Å². The number of nitrogens with zero attached hydrogens (tertiary/aromatic N) is 1. The number of carbonyl (C=O) groups excluding carboxylic acids is 1. The molecule has 0 saturated carbocycles. The number of amides is 1. The van der Waals surface area contributed by atoms with Crippen LogP contribution in [0.4, 0.5) is 0 Å². The van der Waals surface area contributed by atoms with Crippen molar-refractivity contribution in [3.8, 4) is 0 Å². The summed E-state index contributed by atoms with van der Waals surface area (Å²) in [5, 5.41) is 9.32. The minimum absolute atomic E-state index is 0.500. The monoisotopic (exact) mass is 243 g/mol. The van der Waals surface area contributed by atoms with Gasteiger partial charge in [0.2, 0.25) is 6.41 Å². The molecule has 4 heteroatoms. The predicted octanol–water partition coefficient (Wildman–Crippen LogP) is 2.67. The second kappa shape index (κ2) is 8.09.